The summed E-state index contributed by atoms with van der Waals surface area (Å²) in [6.45, 7) is 6.19. The van der Waals surface area contributed by atoms with Crippen molar-refractivity contribution in [3.05, 3.63) is 0 Å². The summed E-state index contributed by atoms with van der Waals surface area (Å²) in [5.41, 5.74) is 0. The second-order valence-electron chi connectivity index (χ2n) is 3.50. The number of fused-ring (bicyclic) bond motifs is 1. The molecule has 0 spiro atoms. The zero-order valence-corrected chi connectivity index (χ0v) is 7.00. The van der Waals surface area contributed by atoms with E-state index >= 15 is 0 Å². The van der Waals surface area contributed by atoms with Gasteiger partial charge in [0.05, 0.1) is 0 Å². The summed E-state index contributed by atoms with van der Waals surface area (Å²) in [6, 6.07) is 0.396. The minimum Gasteiger partial charge on any atom is -0.474 e. The summed E-state index contributed by atoms with van der Waals surface area (Å²) >= 11 is 0. The van der Waals surface area contributed by atoms with Crippen molar-refractivity contribution < 1.29 is 4.74 Å². The highest BCUT2D eigenvalue weighted by molar-refractivity contribution is 5.80. The van der Waals surface area contributed by atoms with Crippen molar-refractivity contribution in [2.45, 2.75) is 26.0 Å². The lowest BCUT2D eigenvalue weighted by molar-refractivity contribution is 0.213. The normalized spacial score (nSPS) is 35.4. The van der Waals surface area contributed by atoms with Crippen LogP contribution in [0, 0.1) is 5.92 Å². The van der Waals surface area contributed by atoms with Gasteiger partial charge in [0.25, 0.3) is 0 Å². The molecule has 0 aliphatic carbocycles. The van der Waals surface area contributed by atoms with Crippen LogP contribution in [0.2, 0.25) is 0 Å². The maximum absolute atomic E-state index is 5.63. The van der Waals surface area contributed by atoms with Crippen molar-refractivity contribution in [3.8, 4) is 0 Å². The smallest absolute Gasteiger partial charge is 0.186 e. The van der Waals surface area contributed by atoms with Crippen LogP contribution < -0.4 is 5.32 Å². The maximum atomic E-state index is 5.63. The number of hydrogen-bond donors (Lipinski definition) is 1. The molecular weight excluding hydrogens is 140 g/mol. The molecule has 0 saturated carbocycles. The van der Waals surface area contributed by atoms with Gasteiger partial charge in [-0.1, -0.05) is 13.8 Å². The van der Waals surface area contributed by atoms with Crippen molar-refractivity contribution in [1.29, 1.82) is 0 Å². The molecule has 2 rings (SSSR count). The van der Waals surface area contributed by atoms with E-state index in [9.17, 15) is 0 Å². The van der Waals surface area contributed by atoms with E-state index in [2.05, 4.69) is 24.2 Å². The van der Waals surface area contributed by atoms with Gasteiger partial charge >= 0.3 is 0 Å². The van der Waals surface area contributed by atoms with E-state index < -0.39 is 0 Å². The first kappa shape index (κ1) is 7.10. The van der Waals surface area contributed by atoms with Crippen molar-refractivity contribution in [2.75, 3.05) is 13.1 Å². The molecule has 0 amide bonds. The maximum Gasteiger partial charge on any atom is 0.186 e. The van der Waals surface area contributed by atoms with Gasteiger partial charge in [0.2, 0.25) is 0 Å². The second kappa shape index (κ2) is 2.48. The Kier molecular flexibility index (Phi) is 1.60. The molecule has 62 valence electrons. The summed E-state index contributed by atoms with van der Waals surface area (Å²) in [4.78, 5) is 4.48. The Morgan fingerprint density at radius 1 is 1.55 bits per heavy atom. The van der Waals surface area contributed by atoms with Gasteiger partial charge in [0.1, 0.15) is 12.1 Å². The van der Waals surface area contributed by atoms with Gasteiger partial charge in [0.15, 0.2) is 5.90 Å². The van der Waals surface area contributed by atoms with Gasteiger partial charge in [-0.2, -0.15) is 0 Å². The van der Waals surface area contributed by atoms with Crippen LogP contribution in [0.5, 0.6) is 0 Å². The minimum atomic E-state index is 0.326. The standard InChI is InChI=1S/C8H14N2O/c1-5(2)8-10-6-3-9-4-7(6)11-8/h5-7,9H,3-4H2,1-2H3. The fourth-order valence-corrected chi connectivity index (χ4v) is 1.52. The summed E-state index contributed by atoms with van der Waals surface area (Å²) in [7, 11) is 0. The van der Waals surface area contributed by atoms with Crippen LogP contribution in [0.25, 0.3) is 0 Å². The number of rotatable bonds is 1. The lowest BCUT2D eigenvalue weighted by Crippen LogP contribution is -2.21. The fourth-order valence-electron chi connectivity index (χ4n) is 1.52. The second-order valence-corrected chi connectivity index (χ2v) is 3.50. The average molecular weight is 154 g/mol. The highest BCUT2D eigenvalue weighted by Crippen LogP contribution is 2.19. The predicted molar refractivity (Wildman–Crippen MR) is 43.8 cm³/mol. The zero-order chi connectivity index (χ0) is 7.84. The van der Waals surface area contributed by atoms with Crippen LogP contribution in [-0.2, 0) is 4.74 Å². The molecule has 3 nitrogen and oxygen atoms in total. The zero-order valence-electron chi connectivity index (χ0n) is 7.00. The highest BCUT2D eigenvalue weighted by atomic mass is 16.5. The average Bonchev–Trinajstić information content (AvgIpc) is 2.40. The number of ether oxygens (including phenoxy) is 1. The molecule has 2 atom stereocenters. The molecule has 1 saturated heterocycles. The Morgan fingerprint density at radius 2 is 2.36 bits per heavy atom. The van der Waals surface area contributed by atoms with Crippen LogP contribution in [0.15, 0.2) is 4.99 Å². The molecule has 0 bridgehead atoms. The van der Waals surface area contributed by atoms with E-state index in [1.165, 1.54) is 0 Å². The van der Waals surface area contributed by atoms with E-state index in [1.54, 1.807) is 0 Å². The van der Waals surface area contributed by atoms with Gasteiger partial charge in [-0.15, -0.1) is 0 Å². The van der Waals surface area contributed by atoms with Crippen LogP contribution in [0.1, 0.15) is 13.8 Å². The molecule has 0 aromatic carbocycles. The molecule has 2 aliphatic rings. The predicted octanol–water partition coefficient (Wildman–Crippen LogP) is 0.412. The summed E-state index contributed by atoms with van der Waals surface area (Å²) in [6.07, 6.45) is 0.326. The fraction of sp³-hybridized carbons (Fsp3) is 0.875. The van der Waals surface area contributed by atoms with Crippen molar-refractivity contribution in [3.63, 3.8) is 0 Å². The molecule has 2 heterocycles. The van der Waals surface area contributed by atoms with Gasteiger partial charge in [-0.3, -0.25) is 0 Å². The van der Waals surface area contributed by atoms with E-state index in [0.717, 1.165) is 19.0 Å². The summed E-state index contributed by atoms with van der Waals surface area (Å²) in [5, 5.41) is 3.25. The minimum absolute atomic E-state index is 0.326. The van der Waals surface area contributed by atoms with Gasteiger partial charge in [0, 0.05) is 19.0 Å². The number of hydrogen-bond acceptors (Lipinski definition) is 3. The number of aliphatic imine (C=N–C) groups is 1. The Hall–Kier alpha value is -0.570. The van der Waals surface area contributed by atoms with Gasteiger partial charge in [-0.25, -0.2) is 4.99 Å². The van der Waals surface area contributed by atoms with E-state index in [-0.39, 0.29) is 0 Å². The molecule has 2 aliphatic heterocycles. The molecule has 1 fully saturated rings. The van der Waals surface area contributed by atoms with Crippen molar-refractivity contribution in [2.24, 2.45) is 10.9 Å². The molecule has 11 heavy (non-hydrogen) atoms. The Bertz CT molecular complexity index is 189. The van der Waals surface area contributed by atoms with Crippen LogP contribution in [-0.4, -0.2) is 31.1 Å². The molecule has 0 aromatic rings. The Labute approximate surface area is 66.8 Å². The largest absolute Gasteiger partial charge is 0.474 e. The third-order valence-corrected chi connectivity index (χ3v) is 2.19. The first-order chi connectivity index (χ1) is 5.27. The summed E-state index contributed by atoms with van der Waals surface area (Å²) < 4.78 is 5.63. The topological polar surface area (TPSA) is 33.6 Å². The highest BCUT2D eigenvalue weighted by Gasteiger charge is 2.35. The SMILES string of the molecule is CC(C)C1=NC2CNCC2O1. The molecule has 0 radical (unpaired) electrons. The molecule has 3 heteroatoms. The van der Waals surface area contributed by atoms with Crippen molar-refractivity contribution >= 4 is 5.90 Å². The van der Waals surface area contributed by atoms with E-state index in [1.807, 2.05) is 0 Å². The third-order valence-electron chi connectivity index (χ3n) is 2.19. The molecule has 0 aromatic heterocycles. The van der Waals surface area contributed by atoms with Crippen molar-refractivity contribution in [1.82, 2.24) is 5.32 Å². The Morgan fingerprint density at radius 3 is 3.00 bits per heavy atom. The molecular formula is C8H14N2O. The monoisotopic (exact) mass is 154 g/mol. The lowest BCUT2D eigenvalue weighted by Gasteiger charge is -2.09. The van der Waals surface area contributed by atoms with Crippen LogP contribution in [0.4, 0.5) is 0 Å². The van der Waals surface area contributed by atoms with E-state index in [4.69, 9.17) is 4.74 Å². The third kappa shape index (κ3) is 1.13. The van der Waals surface area contributed by atoms with Gasteiger partial charge < -0.3 is 10.1 Å². The lowest BCUT2D eigenvalue weighted by atomic mass is 10.2. The van der Waals surface area contributed by atoms with E-state index in [0.29, 0.717) is 18.1 Å². The first-order valence-corrected chi connectivity index (χ1v) is 4.22. The number of nitrogens with zero attached hydrogens (tertiary/aromatic N) is 1. The van der Waals surface area contributed by atoms with Gasteiger partial charge in [-0.05, 0) is 0 Å². The summed E-state index contributed by atoms with van der Waals surface area (Å²) in [5.74, 6) is 1.39. The number of nitrogens with one attached hydrogen (secondary N) is 1. The Balaban J connectivity index is 2.07. The first-order valence-electron chi connectivity index (χ1n) is 4.22. The molecule has 2 unspecified atom stereocenters. The molecule has 1 N–H and O–H groups in total. The van der Waals surface area contributed by atoms with Crippen LogP contribution in [0.3, 0.4) is 0 Å². The quantitative estimate of drug-likeness (QED) is 0.593. The van der Waals surface area contributed by atoms with Crippen LogP contribution >= 0.6 is 0 Å².